The number of aromatic nitrogens is 1. The van der Waals surface area contributed by atoms with Crippen LogP contribution in [0.2, 0.25) is 0 Å². The molecule has 0 radical (unpaired) electrons. The first-order chi connectivity index (χ1) is 8.39. The molecule has 0 aliphatic rings. The third kappa shape index (κ3) is 2.59. The van der Waals surface area contributed by atoms with Crippen molar-refractivity contribution in [2.75, 3.05) is 13.6 Å². The summed E-state index contributed by atoms with van der Waals surface area (Å²) < 4.78 is 2.22. The van der Waals surface area contributed by atoms with Crippen LogP contribution >= 0.6 is 0 Å². The van der Waals surface area contributed by atoms with Crippen LogP contribution in [0.3, 0.4) is 0 Å². The summed E-state index contributed by atoms with van der Waals surface area (Å²) in [5, 5.41) is 1.39. The highest BCUT2D eigenvalue weighted by molar-refractivity contribution is 5.83. The maximum Gasteiger partial charge on any atom is 0.0480 e. The van der Waals surface area contributed by atoms with Gasteiger partial charge < -0.3 is 9.47 Å². The first-order valence-corrected chi connectivity index (χ1v) is 6.64. The molecule has 2 heteroatoms. The van der Waals surface area contributed by atoms with Gasteiger partial charge in [0.15, 0.2) is 0 Å². The zero-order valence-electron chi connectivity index (χ0n) is 12.2. The molecule has 0 saturated heterocycles. The molecule has 18 heavy (non-hydrogen) atoms. The second-order valence-corrected chi connectivity index (χ2v) is 6.12. The van der Waals surface area contributed by atoms with E-state index in [0.29, 0.717) is 0 Å². The number of likely N-dealkylation sites (N-methyl/N-ethyl adjacent to an activating group) is 1. The monoisotopic (exact) mass is 244 g/mol. The molecule has 1 aromatic heterocycles. The molecule has 2 aromatic rings. The Morgan fingerprint density at radius 2 is 1.83 bits per heavy atom. The van der Waals surface area contributed by atoms with Crippen LogP contribution in [-0.4, -0.2) is 28.6 Å². The van der Waals surface area contributed by atoms with Gasteiger partial charge in [-0.25, -0.2) is 0 Å². The van der Waals surface area contributed by atoms with Crippen LogP contribution in [-0.2, 0) is 13.5 Å². The molecule has 0 aliphatic carbocycles. The van der Waals surface area contributed by atoms with Crippen LogP contribution < -0.4 is 0 Å². The minimum Gasteiger partial charge on any atom is -0.350 e. The van der Waals surface area contributed by atoms with Crippen molar-refractivity contribution in [2.45, 2.75) is 32.7 Å². The van der Waals surface area contributed by atoms with Crippen LogP contribution in [0.25, 0.3) is 10.9 Å². The number of aryl methyl sites for hydroxylation is 1. The molecule has 0 saturated carbocycles. The molecule has 0 amide bonds. The lowest BCUT2D eigenvalue weighted by Crippen LogP contribution is -2.39. The van der Waals surface area contributed by atoms with Gasteiger partial charge in [-0.3, -0.25) is 0 Å². The topological polar surface area (TPSA) is 8.17 Å². The van der Waals surface area contributed by atoms with Gasteiger partial charge in [-0.05, 0) is 45.9 Å². The Bertz CT molecular complexity index is 532. The van der Waals surface area contributed by atoms with Gasteiger partial charge in [0.05, 0.1) is 0 Å². The summed E-state index contributed by atoms with van der Waals surface area (Å²) in [5.41, 5.74) is 3.01. The zero-order valence-corrected chi connectivity index (χ0v) is 12.2. The highest BCUT2D eigenvalue weighted by Gasteiger charge is 2.17. The minimum atomic E-state index is 0.241. The van der Waals surface area contributed by atoms with E-state index in [1.54, 1.807) is 0 Å². The number of nitrogens with zero attached hydrogens (tertiary/aromatic N) is 2. The van der Waals surface area contributed by atoms with Gasteiger partial charge in [0.25, 0.3) is 0 Å². The highest BCUT2D eigenvalue weighted by Crippen LogP contribution is 2.21. The van der Waals surface area contributed by atoms with E-state index in [0.717, 1.165) is 13.0 Å². The Morgan fingerprint density at radius 1 is 1.17 bits per heavy atom. The Balaban J connectivity index is 2.18. The van der Waals surface area contributed by atoms with Crippen molar-refractivity contribution in [3.8, 4) is 0 Å². The predicted octanol–water partition coefficient (Wildman–Crippen LogP) is 3.45. The fourth-order valence-corrected chi connectivity index (χ4v) is 2.25. The van der Waals surface area contributed by atoms with E-state index in [9.17, 15) is 0 Å². The molecule has 0 fully saturated rings. The molecular formula is C16H24N2. The standard InChI is InChI=1S/C16H24N2/c1-16(2,3)18(5)11-10-13-12-17(4)15-9-7-6-8-14(13)15/h6-9,12H,10-11H2,1-5H3. The highest BCUT2D eigenvalue weighted by atomic mass is 15.1. The molecule has 2 rings (SSSR count). The smallest absolute Gasteiger partial charge is 0.0480 e. The lowest BCUT2D eigenvalue weighted by atomic mass is 10.1. The summed E-state index contributed by atoms with van der Waals surface area (Å²) >= 11 is 0. The van der Waals surface area contributed by atoms with Gasteiger partial charge in [0.2, 0.25) is 0 Å². The van der Waals surface area contributed by atoms with Crippen molar-refractivity contribution >= 4 is 10.9 Å². The number of hydrogen-bond donors (Lipinski definition) is 0. The first kappa shape index (κ1) is 13.2. The second kappa shape index (κ2) is 4.77. The second-order valence-electron chi connectivity index (χ2n) is 6.12. The van der Waals surface area contributed by atoms with Gasteiger partial charge in [-0.15, -0.1) is 0 Å². The Labute approximate surface area is 110 Å². The molecule has 0 N–H and O–H groups in total. The maximum absolute atomic E-state index is 2.41. The van der Waals surface area contributed by atoms with Crippen LogP contribution in [0, 0.1) is 0 Å². The van der Waals surface area contributed by atoms with Gasteiger partial charge >= 0.3 is 0 Å². The quantitative estimate of drug-likeness (QED) is 0.803. The molecule has 0 aliphatic heterocycles. The van der Waals surface area contributed by atoms with Gasteiger partial charge in [0, 0.05) is 36.2 Å². The van der Waals surface area contributed by atoms with E-state index >= 15 is 0 Å². The van der Waals surface area contributed by atoms with Crippen molar-refractivity contribution in [3.63, 3.8) is 0 Å². The van der Waals surface area contributed by atoms with Crippen molar-refractivity contribution in [2.24, 2.45) is 7.05 Å². The van der Waals surface area contributed by atoms with Crippen molar-refractivity contribution in [1.82, 2.24) is 9.47 Å². The Hall–Kier alpha value is -1.28. The van der Waals surface area contributed by atoms with E-state index in [4.69, 9.17) is 0 Å². The Kier molecular flexibility index (Phi) is 3.49. The van der Waals surface area contributed by atoms with E-state index < -0.39 is 0 Å². The fraction of sp³-hybridized carbons (Fsp3) is 0.500. The third-order valence-corrected chi connectivity index (χ3v) is 3.84. The summed E-state index contributed by atoms with van der Waals surface area (Å²) in [4.78, 5) is 2.41. The molecular weight excluding hydrogens is 220 g/mol. The van der Waals surface area contributed by atoms with E-state index in [1.807, 2.05) is 0 Å². The lowest BCUT2D eigenvalue weighted by molar-refractivity contribution is 0.178. The van der Waals surface area contributed by atoms with Crippen molar-refractivity contribution < 1.29 is 0 Å². The molecule has 0 spiro atoms. The molecule has 2 nitrogen and oxygen atoms in total. The third-order valence-electron chi connectivity index (χ3n) is 3.84. The number of fused-ring (bicyclic) bond motifs is 1. The minimum absolute atomic E-state index is 0.241. The maximum atomic E-state index is 2.41. The van der Waals surface area contributed by atoms with Crippen molar-refractivity contribution in [3.05, 3.63) is 36.0 Å². The average molecular weight is 244 g/mol. The predicted molar refractivity (Wildman–Crippen MR) is 79.0 cm³/mol. The largest absolute Gasteiger partial charge is 0.350 e. The first-order valence-electron chi connectivity index (χ1n) is 6.64. The lowest BCUT2D eigenvalue weighted by Gasteiger charge is -2.31. The normalized spacial score (nSPS) is 12.6. The molecule has 1 heterocycles. The van der Waals surface area contributed by atoms with Crippen LogP contribution in [0.1, 0.15) is 26.3 Å². The van der Waals surface area contributed by atoms with Crippen LogP contribution in [0.15, 0.2) is 30.5 Å². The molecule has 0 bridgehead atoms. The van der Waals surface area contributed by atoms with E-state index in [-0.39, 0.29) is 5.54 Å². The van der Waals surface area contributed by atoms with Crippen LogP contribution in [0.5, 0.6) is 0 Å². The van der Waals surface area contributed by atoms with Gasteiger partial charge in [0.1, 0.15) is 0 Å². The van der Waals surface area contributed by atoms with Gasteiger partial charge in [-0.1, -0.05) is 18.2 Å². The molecule has 0 unspecified atom stereocenters. The average Bonchev–Trinajstić information content (AvgIpc) is 2.63. The number of hydrogen-bond acceptors (Lipinski definition) is 1. The summed E-state index contributed by atoms with van der Waals surface area (Å²) in [6, 6.07) is 8.64. The molecule has 0 atom stereocenters. The number of rotatable bonds is 3. The molecule has 98 valence electrons. The zero-order chi connectivity index (χ0) is 13.3. The van der Waals surface area contributed by atoms with Crippen LogP contribution in [0.4, 0.5) is 0 Å². The summed E-state index contributed by atoms with van der Waals surface area (Å²) in [7, 11) is 4.32. The van der Waals surface area contributed by atoms with Crippen molar-refractivity contribution in [1.29, 1.82) is 0 Å². The SMILES string of the molecule is CN(CCc1cn(C)c2ccccc12)C(C)(C)C. The summed E-state index contributed by atoms with van der Waals surface area (Å²) in [5.74, 6) is 0. The van der Waals surface area contributed by atoms with E-state index in [1.165, 1.54) is 16.5 Å². The Morgan fingerprint density at radius 3 is 2.50 bits per heavy atom. The fourth-order valence-electron chi connectivity index (χ4n) is 2.25. The number of benzene rings is 1. The molecule has 1 aromatic carbocycles. The summed E-state index contributed by atoms with van der Waals surface area (Å²) in [6.45, 7) is 7.87. The van der Waals surface area contributed by atoms with E-state index in [2.05, 4.69) is 74.8 Å². The van der Waals surface area contributed by atoms with Gasteiger partial charge in [-0.2, -0.15) is 0 Å². The summed E-state index contributed by atoms with van der Waals surface area (Å²) in [6.07, 6.45) is 3.37. The number of para-hydroxylation sites is 1.